The van der Waals surface area contributed by atoms with Crippen molar-refractivity contribution in [1.29, 1.82) is 0 Å². The summed E-state index contributed by atoms with van der Waals surface area (Å²) in [5.41, 5.74) is -0.992. The molecule has 1 atom stereocenters. The van der Waals surface area contributed by atoms with E-state index in [1.54, 1.807) is 13.8 Å². The first kappa shape index (κ1) is 15.9. The third kappa shape index (κ3) is 5.22. The molecule has 1 aliphatic heterocycles. The number of piperidine rings is 1. The Hall–Kier alpha value is -0.170. The minimum absolute atomic E-state index is 0.159. The Morgan fingerprint density at radius 2 is 2.11 bits per heavy atom. The zero-order chi connectivity index (χ0) is 13.8. The molecule has 0 bridgehead atoms. The van der Waals surface area contributed by atoms with Gasteiger partial charge in [0.1, 0.15) is 0 Å². The third-order valence-electron chi connectivity index (χ3n) is 3.15. The van der Waals surface area contributed by atoms with Gasteiger partial charge in [0, 0.05) is 13.1 Å². The van der Waals surface area contributed by atoms with Crippen molar-refractivity contribution in [2.75, 3.05) is 31.9 Å². The van der Waals surface area contributed by atoms with Crippen LogP contribution < -0.4 is 5.32 Å². The fourth-order valence-corrected chi connectivity index (χ4v) is 4.31. The number of hydrogen-bond donors (Lipinski definition) is 2. The first-order valence-electron chi connectivity index (χ1n) is 6.65. The van der Waals surface area contributed by atoms with Crippen LogP contribution in [0.15, 0.2) is 0 Å². The predicted molar refractivity (Wildman–Crippen MR) is 72.9 cm³/mol. The van der Waals surface area contributed by atoms with Gasteiger partial charge in [0.05, 0.1) is 11.4 Å². The van der Waals surface area contributed by atoms with Gasteiger partial charge in [0.2, 0.25) is 10.0 Å². The normalized spacial score (nSPS) is 22.4. The monoisotopic (exact) mass is 278 g/mol. The molecule has 108 valence electrons. The van der Waals surface area contributed by atoms with Gasteiger partial charge < -0.3 is 10.4 Å². The lowest BCUT2D eigenvalue weighted by atomic mass is 10.0. The molecule has 1 fully saturated rings. The second kappa shape index (κ2) is 6.32. The van der Waals surface area contributed by atoms with Gasteiger partial charge in [0.25, 0.3) is 0 Å². The molecule has 6 heteroatoms. The van der Waals surface area contributed by atoms with Gasteiger partial charge in [-0.25, -0.2) is 8.42 Å². The number of likely N-dealkylation sites (N-methyl/N-ethyl adjacent to an activating group) is 1. The molecule has 1 saturated heterocycles. The van der Waals surface area contributed by atoms with Gasteiger partial charge >= 0.3 is 0 Å². The van der Waals surface area contributed by atoms with Gasteiger partial charge in [-0.2, -0.15) is 4.31 Å². The van der Waals surface area contributed by atoms with Crippen molar-refractivity contribution in [1.82, 2.24) is 9.62 Å². The van der Waals surface area contributed by atoms with Crippen LogP contribution in [0.5, 0.6) is 0 Å². The molecule has 0 aliphatic carbocycles. The maximum absolute atomic E-state index is 12.3. The number of nitrogens with one attached hydrogen (secondary N) is 1. The van der Waals surface area contributed by atoms with E-state index in [-0.39, 0.29) is 18.2 Å². The van der Waals surface area contributed by atoms with Crippen molar-refractivity contribution < 1.29 is 13.5 Å². The highest BCUT2D eigenvalue weighted by molar-refractivity contribution is 7.89. The maximum Gasteiger partial charge on any atom is 0.214 e. The molecule has 0 radical (unpaired) electrons. The van der Waals surface area contributed by atoms with Gasteiger partial charge in [-0.1, -0.05) is 6.92 Å². The van der Waals surface area contributed by atoms with Crippen molar-refractivity contribution >= 4 is 10.0 Å². The molecule has 1 rings (SSSR count). The highest BCUT2D eigenvalue weighted by Gasteiger charge is 2.29. The van der Waals surface area contributed by atoms with Crippen LogP contribution in [-0.4, -0.2) is 55.4 Å². The van der Waals surface area contributed by atoms with Crippen molar-refractivity contribution in [3.05, 3.63) is 0 Å². The zero-order valence-electron chi connectivity index (χ0n) is 11.6. The Kier molecular flexibility index (Phi) is 5.58. The second-order valence-corrected chi connectivity index (χ2v) is 7.74. The highest BCUT2D eigenvalue weighted by atomic mass is 32.2. The average molecular weight is 278 g/mol. The van der Waals surface area contributed by atoms with Gasteiger partial charge in [0.15, 0.2) is 0 Å². The third-order valence-corrected chi connectivity index (χ3v) is 5.22. The molecule has 0 aromatic heterocycles. The SMILES string of the molecule is CCN(CC(C)(C)O)S(=O)(=O)CC1CCCNC1. The Morgan fingerprint density at radius 1 is 1.44 bits per heavy atom. The Labute approximate surface area is 111 Å². The van der Waals surface area contributed by atoms with Crippen LogP contribution in [0.4, 0.5) is 0 Å². The highest BCUT2D eigenvalue weighted by Crippen LogP contribution is 2.17. The van der Waals surface area contributed by atoms with E-state index in [4.69, 9.17) is 0 Å². The molecule has 1 aliphatic rings. The van der Waals surface area contributed by atoms with E-state index in [2.05, 4.69) is 5.32 Å². The van der Waals surface area contributed by atoms with E-state index >= 15 is 0 Å². The topological polar surface area (TPSA) is 69.6 Å². The minimum atomic E-state index is -3.27. The van der Waals surface area contributed by atoms with E-state index in [0.717, 1.165) is 25.9 Å². The summed E-state index contributed by atoms with van der Waals surface area (Å²) in [5, 5.41) is 13.0. The maximum atomic E-state index is 12.3. The molecule has 1 heterocycles. The lowest BCUT2D eigenvalue weighted by Crippen LogP contribution is -2.45. The van der Waals surface area contributed by atoms with Crippen LogP contribution in [0.2, 0.25) is 0 Å². The lowest BCUT2D eigenvalue weighted by molar-refractivity contribution is 0.0600. The van der Waals surface area contributed by atoms with Crippen molar-refractivity contribution in [2.24, 2.45) is 5.92 Å². The molecule has 0 aromatic carbocycles. The van der Waals surface area contributed by atoms with E-state index in [9.17, 15) is 13.5 Å². The van der Waals surface area contributed by atoms with Crippen molar-refractivity contribution in [3.8, 4) is 0 Å². The summed E-state index contributed by atoms with van der Waals surface area (Å²) < 4.78 is 26.0. The summed E-state index contributed by atoms with van der Waals surface area (Å²) in [5.74, 6) is 0.379. The standard InChI is InChI=1S/C12H26N2O3S/c1-4-14(10-12(2,3)15)18(16,17)9-11-6-5-7-13-8-11/h11,13,15H,4-10H2,1-3H3. The van der Waals surface area contributed by atoms with Crippen molar-refractivity contribution in [2.45, 2.75) is 39.2 Å². The van der Waals surface area contributed by atoms with Crippen LogP contribution >= 0.6 is 0 Å². The van der Waals surface area contributed by atoms with Gasteiger partial charge in [-0.05, 0) is 45.7 Å². The number of nitrogens with zero attached hydrogens (tertiary/aromatic N) is 1. The Morgan fingerprint density at radius 3 is 2.56 bits per heavy atom. The summed E-state index contributed by atoms with van der Waals surface area (Å²) in [4.78, 5) is 0. The molecule has 5 nitrogen and oxygen atoms in total. The zero-order valence-corrected chi connectivity index (χ0v) is 12.5. The van der Waals surface area contributed by atoms with Crippen LogP contribution in [0, 0.1) is 5.92 Å². The summed E-state index contributed by atoms with van der Waals surface area (Å²) in [6.07, 6.45) is 2.00. The molecule has 0 aromatic rings. The largest absolute Gasteiger partial charge is 0.389 e. The summed E-state index contributed by atoms with van der Waals surface area (Å²) >= 11 is 0. The first-order valence-corrected chi connectivity index (χ1v) is 8.26. The molecule has 1 unspecified atom stereocenters. The van der Waals surface area contributed by atoms with Gasteiger partial charge in [-0.3, -0.25) is 0 Å². The van der Waals surface area contributed by atoms with Crippen LogP contribution in [0.25, 0.3) is 0 Å². The summed E-state index contributed by atoms with van der Waals surface area (Å²) in [6, 6.07) is 0. The van der Waals surface area contributed by atoms with Gasteiger partial charge in [-0.15, -0.1) is 0 Å². The number of hydrogen-bond acceptors (Lipinski definition) is 4. The molecule has 2 N–H and O–H groups in total. The quantitative estimate of drug-likeness (QED) is 0.738. The summed E-state index contributed by atoms with van der Waals surface area (Å²) in [7, 11) is -3.27. The number of aliphatic hydroxyl groups is 1. The van der Waals surface area contributed by atoms with E-state index in [0.29, 0.717) is 6.54 Å². The summed E-state index contributed by atoms with van der Waals surface area (Å²) in [6.45, 7) is 7.40. The number of sulfonamides is 1. The second-order valence-electron chi connectivity index (χ2n) is 5.73. The molecular formula is C12H26N2O3S. The Bertz CT molecular complexity index is 343. The molecule has 0 amide bonds. The van der Waals surface area contributed by atoms with Crippen LogP contribution in [0.1, 0.15) is 33.6 Å². The fourth-order valence-electron chi connectivity index (χ4n) is 2.31. The first-order chi connectivity index (χ1) is 8.24. The average Bonchev–Trinajstić information content (AvgIpc) is 2.25. The fraction of sp³-hybridized carbons (Fsp3) is 1.00. The van der Waals surface area contributed by atoms with E-state index in [1.807, 2.05) is 6.92 Å². The predicted octanol–water partition coefficient (Wildman–Crippen LogP) is 0.409. The number of rotatable bonds is 6. The molecule has 0 saturated carbocycles. The van der Waals surface area contributed by atoms with Crippen molar-refractivity contribution in [3.63, 3.8) is 0 Å². The molecule has 18 heavy (non-hydrogen) atoms. The van der Waals surface area contributed by atoms with E-state index in [1.165, 1.54) is 4.31 Å². The van der Waals surface area contributed by atoms with Crippen LogP contribution in [-0.2, 0) is 10.0 Å². The Balaban J connectivity index is 2.64. The van der Waals surface area contributed by atoms with Crippen LogP contribution in [0.3, 0.4) is 0 Å². The minimum Gasteiger partial charge on any atom is -0.389 e. The molecular weight excluding hydrogens is 252 g/mol. The smallest absolute Gasteiger partial charge is 0.214 e. The lowest BCUT2D eigenvalue weighted by Gasteiger charge is -2.30. The van der Waals surface area contributed by atoms with E-state index < -0.39 is 15.6 Å². The molecule has 0 spiro atoms.